The summed E-state index contributed by atoms with van der Waals surface area (Å²) >= 11 is 0. The topological polar surface area (TPSA) is 102 Å². The third kappa shape index (κ3) is 11.3. The molecule has 0 amide bonds. The molecule has 2 N–H and O–H groups in total. The Labute approximate surface area is 217 Å². The van der Waals surface area contributed by atoms with E-state index in [4.69, 9.17) is 18.9 Å². The summed E-state index contributed by atoms with van der Waals surface area (Å²) < 4.78 is 35.1. The van der Waals surface area contributed by atoms with E-state index >= 15 is 0 Å². The van der Waals surface area contributed by atoms with E-state index in [9.17, 15) is 14.3 Å². The molecule has 202 valence electrons. The standard InChI is InChI=1S/C27H36FN3O6/c28-23-3-1-22(2-4-23)9-14-35-17-18-36-26-5-7-27(8-6-26)37-20-25(33)19-29-12-13-31(30-21-32)24-10-15-34-16-11-24/h1-8,24-25,29,33H,9-20H2. The minimum Gasteiger partial charge on any atom is -0.491 e. The van der Waals surface area contributed by atoms with E-state index in [0.717, 1.165) is 24.8 Å². The summed E-state index contributed by atoms with van der Waals surface area (Å²) in [6, 6.07) is 13.8. The van der Waals surface area contributed by atoms with Crippen LogP contribution in [0.3, 0.4) is 0 Å². The fourth-order valence-corrected chi connectivity index (χ4v) is 3.86. The van der Waals surface area contributed by atoms with Gasteiger partial charge in [0.2, 0.25) is 0 Å². The van der Waals surface area contributed by atoms with Crippen LogP contribution in [0, 0.1) is 5.82 Å². The Hall–Kier alpha value is -3.01. The van der Waals surface area contributed by atoms with Crippen LogP contribution in [0.5, 0.6) is 11.5 Å². The lowest BCUT2D eigenvalue weighted by Gasteiger charge is -2.31. The maximum Gasteiger partial charge on any atom is 0.258 e. The van der Waals surface area contributed by atoms with Crippen LogP contribution in [0.15, 0.2) is 53.6 Å². The first-order chi connectivity index (χ1) is 18.1. The van der Waals surface area contributed by atoms with E-state index in [2.05, 4.69) is 10.4 Å². The molecule has 9 nitrogen and oxygen atoms in total. The zero-order valence-corrected chi connectivity index (χ0v) is 21.0. The minimum absolute atomic E-state index is 0.144. The van der Waals surface area contributed by atoms with Crippen LogP contribution in [0.4, 0.5) is 4.39 Å². The van der Waals surface area contributed by atoms with Gasteiger partial charge in [0, 0.05) is 32.8 Å². The van der Waals surface area contributed by atoms with Crippen molar-refractivity contribution in [3.63, 3.8) is 0 Å². The highest BCUT2D eigenvalue weighted by Gasteiger charge is 2.20. The van der Waals surface area contributed by atoms with E-state index < -0.39 is 6.10 Å². The molecule has 3 rings (SSSR count). The van der Waals surface area contributed by atoms with Gasteiger partial charge in [-0.1, -0.05) is 17.2 Å². The van der Waals surface area contributed by atoms with Gasteiger partial charge in [0.05, 0.1) is 19.3 Å². The summed E-state index contributed by atoms with van der Waals surface area (Å²) in [6.07, 6.45) is 3.32. The lowest BCUT2D eigenvalue weighted by molar-refractivity contribution is 0.0347. The number of hydrogen-bond acceptors (Lipinski definition) is 9. The molecule has 0 saturated carbocycles. The number of halogens is 1. The molecule has 1 heterocycles. The van der Waals surface area contributed by atoms with E-state index in [-0.39, 0.29) is 18.5 Å². The molecule has 37 heavy (non-hydrogen) atoms. The lowest BCUT2D eigenvalue weighted by atomic mass is 10.1. The largest absolute Gasteiger partial charge is 0.491 e. The lowest BCUT2D eigenvalue weighted by Crippen LogP contribution is -2.41. The second kappa shape index (κ2) is 16.7. The highest BCUT2D eigenvalue weighted by molar-refractivity contribution is 5.32. The van der Waals surface area contributed by atoms with Crippen molar-refractivity contribution < 1.29 is 33.2 Å². The maximum absolute atomic E-state index is 12.9. The molecular weight excluding hydrogens is 481 g/mol. The van der Waals surface area contributed by atoms with E-state index in [0.29, 0.717) is 64.2 Å². The van der Waals surface area contributed by atoms with Gasteiger partial charge in [-0.3, -0.25) is 5.01 Å². The first kappa shape index (κ1) is 28.6. The first-order valence-corrected chi connectivity index (χ1v) is 12.6. The number of aliphatic hydroxyl groups is 1. The van der Waals surface area contributed by atoms with Crippen LogP contribution >= 0.6 is 0 Å². The van der Waals surface area contributed by atoms with Crippen LogP contribution in [-0.4, -0.2) is 87.6 Å². The molecular formula is C27H36FN3O6. The molecule has 2 aromatic rings. The van der Waals surface area contributed by atoms with Crippen molar-refractivity contribution in [3.8, 4) is 11.5 Å². The Morgan fingerprint density at radius 3 is 2.46 bits per heavy atom. The Kier molecular flexibility index (Phi) is 12.9. The number of hydrazone groups is 1. The number of carbonyl (C=O) groups excluding carboxylic acids is 1. The zero-order chi connectivity index (χ0) is 26.1. The van der Waals surface area contributed by atoms with Crippen LogP contribution in [0.1, 0.15) is 18.4 Å². The third-order valence-electron chi connectivity index (χ3n) is 5.89. The molecule has 1 saturated heterocycles. The summed E-state index contributed by atoms with van der Waals surface area (Å²) in [5, 5.41) is 18.9. The molecule has 1 aliphatic rings. The van der Waals surface area contributed by atoms with E-state index in [1.165, 1.54) is 12.1 Å². The molecule has 1 atom stereocenters. The average molecular weight is 518 g/mol. The van der Waals surface area contributed by atoms with Gasteiger partial charge in [0.15, 0.2) is 0 Å². The third-order valence-corrected chi connectivity index (χ3v) is 5.89. The van der Waals surface area contributed by atoms with Crippen molar-refractivity contribution in [1.29, 1.82) is 0 Å². The zero-order valence-electron chi connectivity index (χ0n) is 21.0. The number of nitrogens with one attached hydrogen (secondary N) is 1. The average Bonchev–Trinajstić information content (AvgIpc) is 2.93. The molecule has 0 aliphatic carbocycles. The predicted octanol–water partition coefficient (Wildman–Crippen LogP) is 2.52. The maximum atomic E-state index is 12.9. The molecule has 0 radical (unpaired) electrons. The predicted molar refractivity (Wildman–Crippen MR) is 136 cm³/mol. The van der Waals surface area contributed by atoms with Crippen LogP contribution in [0.2, 0.25) is 0 Å². The van der Waals surface area contributed by atoms with Crippen molar-refractivity contribution in [3.05, 3.63) is 59.9 Å². The molecule has 2 aromatic carbocycles. The van der Waals surface area contributed by atoms with Gasteiger partial charge in [-0.25, -0.2) is 9.18 Å². The van der Waals surface area contributed by atoms with Crippen molar-refractivity contribution in [1.82, 2.24) is 10.3 Å². The number of benzene rings is 2. The number of hydrogen-bond donors (Lipinski definition) is 2. The molecule has 1 fully saturated rings. The Morgan fingerprint density at radius 2 is 1.76 bits per heavy atom. The summed E-state index contributed by atoms with van der Waals surface area (Å²) in [5.74, 6) is 1.09. The minimum atomic E-state index is -0.686. The number of isocyanates is 1. The second-order valence-electron chi connectivity index (χ2n) is 8.68. The highest BCUT2D eigenvalue weighted by atomic mass is 19.1. The smallest absolute Gasteiger partial charge is 0.258 e. The normalized spacial score (nSPS) is 14.5. The van der Waals surface area contributed by atoms with Crippen LogP contribution in [0.25, 0.3) is 0 Å². The molecule has 1 unspecified atom stereocenters. The van der Waals surface area contributed by atoms with Crippen LogP contribution in [-0.2, 0) is 20.7 Å². The van der Waals surface area contributed by atoms with Gasteiger partial charge in [0.25, 0.3) is 6.08 Å². The highest BCUT2D eigenvalue weighted by Crippen LogP contribution is 2.18. The quantitative estimate of drug-likeness (QED) is 0.143. The van der Waals surface area contributed by atoms with Crippen LogP contribution < -0.4 is 14.8 Å². The molecule has 10 heteroatoms. The van der Waals surface area contributed by atoms with Gasteiger partial charge in [-0.2, -0.15) is 0 Å². The Morgan fingerprint density at radius 1 is 1.05 bits per heavy atom. The van der Waals surface area contributed by atoms with Crippen molar-refractivity contribution in [2.75, 3.05) is 59.3 Å². The summed E-state index contributed by atoms with van der Waals surface area (Å²) in [7, 11) is 0. The van der Waals surface area contributed by atoms with Gasteiger partial charge in [-0.15, -0.1) is 0 Å². The molecule has 0 bridgehead atoms. The van der Waals surface area contributed by atoms with Gasteiger partial charge in [0.1, 0.15) is 36.6 Å². The number of rotatable bonds is 17. The first-order valence-electron chi connectivity index (χ1n) is 12.6. The van der Waals surface area contributed by atoms with Gasteiger partial charge >= 0.3 is 0 Å². The fourth-order valence-electron chi connectivity index (χ4n) is 3.86. The van der Waals surface area contributed by atoms with E-state index in [1.54, 1.807) is 47.5 Å². The number of aliphatic hydroxyl groups excluding tert-OH is 1. The van der Waals surface area contributed by atoms with E-state index in [1.807, 2.05) is 0 Å². The van der Waals surface area contributed by atoms with Crippen molar-refractivity contribution in [2.24, 2.45) is 5.10 Å². The Bertz CT molecular complexity index is 934. The molecule has 0 spiro atoms. The number of nitrogens with zero attached hydrogens (tertiary/aromatic N) is 2. The summed E-state index contributed by atoms with van der Waals surface area (Å²) in [5.41, 5.74) is 1.03. The summed E-state index contributed by atoms with van der Waals surface area (Å²) in [6.45, 7) is 4.36. The second-order valence-corrected chi connectivity index (χ2v) is 8.68. The van der Waals surface area contributed by atoms with Gasteiger partial charge < -0.3 is 29.4 Å². The SMILES string of the molecule is O=C=NN(CCNCC(O)COc1ccc(OCCOCCc2ccc(F)cc2)cc1)C1CCOCC1. The molecule has 0 aromatic heterocycles. The summed E-state index contributed by atoms with van der Waals surface area (Å²) in [4.78, 5) is 10.7. The van der Waals surface area contributed by atoms with Gasteiger partial charge in [-0.05, 0) is 61.2 Å². The van der Waals surface area contributed by atoms with Crippen molar-refractivity contribution in [2.45, 2.75) is 31.4 Å². The molecule has 1 aliphatic heterocycles. The van der Waals surface area contributed by atoms with Crippen molar-refractivity contribution >= 4 is 6.08 Å². The number of ether oxygens (including phenoxy) is 4. The fraction of sp³-hybridized carbons (Fsp3) is 0.519. The monoisotopic (exact) mass is 517 g/mol. The Balaban J connectivity index is 1.23.